The van der Waals surface area contributed by atoms with Gasteiger partial charge in [-0.1, -0.05) is 29.5 Å². The maximum atomic E-state index is 13.5. The van der Waals surface area contributed by atoms with E-state index in [-0.39, 0.29) is 16.7 Å². The van der Waals surface area contributed by atoms with Crippen molar-refractivity contribution in [1.82, 2.24) is 4.57 Å². The third-order valence-electron chi connectivity index (χ3n) is 5.44. The number of hydrogen-bond donors (Lipinski definition) is 1. The molecular weight excluding hydrogens is 474 g/mol. The summed E-state index contributed by atoms with van der Waals surface area (Å²) in [5.74, 6) is -0.422. The lowest BCUT2D eigenvalue weighted by Gasteiger charge is -2.24. The molecule has 0 bridgehead atoms. The lowest BCUT2D eigenvalue weighted by atomic mass is 9.96. The molecule has 1 unspecified atom stereocenters. The molecule has 0 aliphatic carbocycles. The molecule has 0 fully saturated rings. The Labute approximate surface area is 202 Å². The Balaban J connectivity index is 1.93. The van der Waals surface area contributed by atoms with Crippen LogP contribution >= 0.6 is 11.3 Å². The SMILES string of the molecule is CCOC(=O)C1=C(C)N=c2sc(=Cc3ccc(O)c([N+](=O)[O-])c3)c(=O)n2C1c1ccc(OC)cc1. The second kappa shape index (κ2) is 9.55. The number of aromatic hydroxyl groups is 1. The molecule has 1 aromatic heterocycles. The first-order valence-electron chi connectivity index (χ1n) is 10.6. The number of fused-ring (bicyclic) bond motifs is 1. The van der Waals surface area contributed by atoms with Crippen molar-refractivity contribution in [2.75, 3.05) is 13.7 Å². The van der Waals surface area contributed by atoms with Gasteiger partial charge in [-0.15, -0.1) is 0 Å². The van der Waals surface area contributed by atoms with Crippen molar-refractivity contribution in [3.8, 4) is 11.5 Å². The van der Waals surface area contributed by atoms with Crippen molar-refractivity contribution in [3.63, 3.8) is 0 Å². The molecule has 180 valence electrons. The zero-order chi connectivity index (χ0) is 25.3. The van der Waals surface area contributed by atoms with E-state index in [9.17, 15) is 24.8 Å². The van der Waals surface area contributed by atoms with Crippen LogP contribution < -0.4 is 19.6 Å². The zero-order valence-electron chi connectivity index (χ0n) is 19.0. The van der Waals surface area contributed by atoms with E-state index in [0.717, 1.165) is 11.3 Å². The fraction of sp³-hybridized carbons (Fsp3) is 0.208. The van der Waals surface area contributed by atoms with Crippen LogP contribution in [0.2, 0.25) is 0 Å². The Hall–Kier alpha value is -4.25. The Kier molecular flexibility index (Phi) is 6.52. The van der Waals surface area contributed by atoms with Crippen LogP contribution in [0.5, 0.6) is 11.5 Å². The van der Waals surface area contributed by atoms with Crippen molar-refractivity contribution in [1.29, 1.82) is 0 Å². The monoisotopic (exact) mass is 495 g/mol. The molecule has 0 spiro atoms. The molecule has 0 saturated heterocycles. The number of carbonyl (C=O) groups is 1. The average Bonchev–Trinajstić information content (AvgIpc) is 3.13. The number of rotatable bonds is 6. The predicted molar refractivity (Wildman–Crippen MR) is 128 cm³/mol. The minimum atomic E-state index is -0.785. The third kappa shape index (κ3) is 4.45. The Morgan fingerprint density at radius 2 is 2.00 bits per heavy atom. The fourth-order valence-corrected chi connectivity index (χ4v) is 4.87. The molecule has 2 aromatic carbocycles. The van der Waals surface area contributed by atoms with Gasteiger partial charge in [-0.3, -0.25) is 19.5 Å². The number of ether oxygens (including phenoxy) is 2. The van der Waals surface area contributed by atoms with E-state index in [1.165, 1.54) is 28.8 Å². The summed E-state index contributed by atoms with van der Waals surface area (Å²) in [5.41, 5.74) is 0.814. The summed E-state index contributed by atoms with van der Waals surface area (Å²) in [6.07, 6.45) is 1.49. The van der Waals surface area contributed by atoms with Crippen LogP contribution in [-0.4, -0.2) is 34.3 Å². The van der Waals surface area contributed by atoms with E-state index in [2.05, 4.69) is 4.99 Å². The number of carbonyl (C=O) groups excluding carboxylic acids is 1. The van der Waals surface area contributed by atoms with Crippen molar-refractivity contribution in [2.45, 2.75) is 19.9 Å². The minimum absolute atomic E-state index is 0.162. The number of allylic oxidation sites excluding steroid dienone is 1. The lowest BCUT2D eigenvalue weighted by molar-refractivity contribution is -0.385. The maximum absolute atomic E-state index is 13.5. The van der Waals surface area contributed by atoms with Crippen LogP contribution in [0, 0.1) is 10.1 Å². The van der Waals surface area contributed by atoms with Gasteiger partial charge in [-0.05, 0) is 49.2 Å². The fourth-order valence-electron chi connectivity index (χ4n) is 3.82. The number of nitro groups is 1. The highest BCUT2D eigenvalue weighted by atomic mass is 32.1. The number of esters is 1. The summed E-state index contributed by atoms with van der Waals surface area (Å²) < 4.78 is 12.2. The number of hydrogen-bond acceptors (Lipinski definition) is 9. The zero-order valence-corrected chi connectivity index (χ0v) is 19.9. The van der Waals surface area contributed by atoms with Gasteiger partial charge >= 0.3 is 11.7 Å². The van der Waals surface area contributed by atoms with E-state index in [0.29, 0.717) is 27.4 Å². The smallest absolute Gasteiger partial charge is 0.338 e. The maximum Gasteiger partial charge on any atom is 0.338 e. The average molecular weight is 496 g/mol. The number of benzene rings is 2. The number of aromatic nitrogens is 1. The van der Waals surface area contributed by atoms with Crippen molar-refractivity contribution < 1.29 is 24.3 Å². The van der Waals surface area contributed by atoms with Gasteiger partial charge in [0.05, 0.1) is 40.5 Å². The molecule has 0 amide bonds. The number of methoxy groups -OCH3 is 1. The number of nitro benzene ring substituents is 1. The Bertz CT molecular complexity index is 1530. The van der Waals surface area contributed by atoms with Gasteiger partial charge in [0.1, 0.15) is 5.75 Å². The largest absolute Gasteiger partial charge is 0.502 e. The summed E-state index contributed by atoms with van der Waals surface area (Å²) in [6, 6.07) is 10.1. The second-order valence-corrected chi connectivity index (χ2v) is 8.59. The first-order chi connectivity index (χ1) is 16.7. The van der Waals surface area contributed by atoms with Crippen molar-refractivity contribution in [3.05, 3.63) is 94.7 Å². The molecule has 0 saturated carbocycles. The van der Waals surface area contributed by atoms with Gasteiger partial charge in [0.25, 0.3) is 5.56 Å². The molecule has 1 atom stereocenters. The minimum Gasteiger partial charge on any atom is -0.502 e. The van der Waals surface area contributed by atoms with Gasteiger partial charge in [-0.2, -0.15) is 0 Å². The van der Waals surface area contributed by atoms with Crippen LogP contribution in [0.25, 0.3) is 6.08 Å². The van der Waals surface area contributed by atoms with E-state index in [1.807, 2.05) is 0 Å². The molecular formula is C24H21N3O7S. The van der Waals surface area contributed by atoms with Crippen molar-refractivity contribution in [2.24, 2.45) is 4.99 Å². The summed E-state index contributed by atoms with van der Waals surface area (Å²) in [7, 11) is 1.54. The van der Waals surface area contributed by atoms with Crippen LogP contribution in [0.3, 0.4) is 0 Å². The molecule has 1 aliphatic rings. The molecule has 1 N–H and O–H groups in total. The van der Waals surface area contributed by atoms with Gasteiger partial charge in [0.15, 0.2) is 10.6 Å². The molecule has 1 aliphatic heterocycles. The number of phenols is 1. The highest BCUT2D eigenvalue weighted by Gasteiger charge is 2.33. The van der Waals surface area contributed by atoms with Crippen LogP contribution in [0.4, 0.5) is 5.69 Å². The third-order valence-corrected chi connectivity index (χ3v) is 6.43. The molecule has 2 heterocycles. The Morgan fingerprint density at radius 3 is 2.63 bits per heavy atom. The van der Waals surface area contributed by atoms with E-state index in [4.69, 9.17) is 9.47 Å². The highest BCUT2D eigenvalue weighted by molar-refractivity contribution is 7.07. The number of nitrogens with zero attached hydrogens (tertiary/aromatic N) is 3. The van der Waals surface area contributed by atoms with Gasteiger partial charge in [0, 0.05) is 6.07 Å². The van der Waals surface area contributed by atoms with Gasteiger partial charge in [0.2, 0.25) is 0 Å². The standard InChI is InChI=1S/C24H21N3O7S/c1-4-34-23(30)20-13(2)25-24-26(21(20)15-6-8-16(33-3)9-7-15)22(29)19(35-24)12-14-5-10-18(28)17(11-14)27(31)32/h5-12,21,28H,4H2,1-3H3. The molecule has 11 heteroatoms. The molecule has 0 radical (unpaired) electrons. The second-order valence-electron chi connectivity index (χ2n) is 7.58. The summed E-state index contributed by atoms with van der Waals surface area (Å²) in [4.78, 5) is 41.8. The normalized spacial score (nSPS) is 15.4. The lowest BCUT2D eigenvalue weighted by Crippen LogP contribution is -2.39. The Morgan fingerprint density at radius 1 is 1.29 bits per heavy atom. The van der Waals surface area contributed by atoms with Crippen LogP contribution in [-0.2, 0) is 9.53 Å². The number of phenolic OH excluding ortho intramolecular Hbond substituents is 1. The van der Waals surface area contributed by atoms with E-state index < -0.39 is 33.9 Å². The highest BCUT2D eigenvalue weighted by Crippen LogP contribution is 2.31. The molecule has 4 rings (SSSR count). The molecule has 3 aromatic rings. The van der Waals surface area contributed by atoms with Gasteiger partial charge in [-0.25, -0.2) is 9.79 Å². The predicted octanol–water partition coefficient (Wildman–Crippen LogP) is 2.42. The summed E-state index contributed by atoms with van der Waals surface area (Å²) in [5, 5.41) is 20.9. The summed E-state index contributed by atoms with van der Waals surface area (Å²) >= 11 is 1.10. The first-order valence-corrected chi connectivity index (χ1v) is 11.4. The number of thiazole rings is 1. The first kappa shape index (κ1) is 23.9. The quantitative estimate of drug-likeness (QED) is 0.315. The van der Waals surface area contributed by atoms with Crippen molar-refractivity contribution >= 4 is 29.1 Å². The topological polar surface area (TPSA) is 133 Å². The van der Waals surface area contributed by atoms with Crippen LogP contribution in [0.15, 0.2) is 63.5 Å². The molecule has 10 nitrogen and oxygen atoms in total. The van der Waals surface area contributed by atoms with Crippen LogP contribution in [0.1, 0.15) is 31.0 Å². The molecule has 35 heavy (non-hydrogen) atoms. The van der Waals surface area contributed by atoms with E-state index >= 15 is 0 Å². The summed E-state index contributed by atoms with van der Waals surface area (Å²) in [6.45, 7) is 3.54. The van der Waals surface area contributed by atoms with Gasteiger partial charge < -0.3 is 14.6 Å². The van der Waals surface area contributed by atoms with E-state index in [1.54, 1.807) is 45.2 Å².